The molecule has 3 rings (SSSR count). The number of piperidine rings is 1. The number of carbonyl (C=O) groups excluding carboxylic acids is 1. The quantitative estimate of drug-likeness (QED) is 0.688. The second kappa shape index (κ2) is 4.36. The third-order valence-corrected chi connectivity index (χ3v) is 3.66. The smallest absolute Gasteiger partial charge is 0.191 e. The second-order valence-corrected chi connectivity index (χ2v) is 4.91. The van der Waals surface area contributed by atoms with Crippen LogP contribution in [-0.4, -0.2) is 23.8 Å². The van der Waals surface area contributed by atoms with Crippen LogP contribution in [0, 0.1) is 0 Å². The summed E-state index contributed by atoms with van der Waals surface area (Å²) in [5.41, 5.74) is 3.05. The monoisotopic (exact) mass is 227 g/mol. The van der Waals surface area contributed by atoms with Crippen LogP contribution in [-0.2, 0) is 6.42 Å². The normalized spacial score (nSPS) is 22.0. The minimum Gasteiger partial charge on any atom is -0.377 e. The summed E-state index contributed by atoms with van der Waals surface area (Å²) >= 11 is 0. The number of rotatable bonds is 1. The number of allylic oxidation sites excluding steroid dienone is 1. The van der Waals surface area contributed by atoms with Crippen molar-refractivity contribution in [2.45, 2.75) is 25.7 Å². The van der Waals surface area contributed by atoms with E-state index in [2.05, 4.69) is 17.2 Å². The van der Waals surface area contributed by atoms with E-state index in [1.165, 1.54) is 24.8 Å². The molecule has 1 aromatic rings. The van der Waals surface area contributed by atoms with Crippen molar-refractivity contribution in [1.82, 2.24) is 4.90 Å². The van der Waals surface area contributed by atoms with Crippen LogP contribution < -0.4 is 0 Å². The predicted molar refractivity (Wildman–Crippen MR) is 68.0 cm³/mol. The maximum absolute atomic E-state index is 12.2. The number of nitrogens with zero attached hydrogens (tertiary/aromatic N) is 1. The van der Waals surface area contributed by atoms with Gasteiger partial charge in [-0.1, -0.05) is 24.3 Å². The Kier molecular flexibility index (Phi) is 2.71. The Morgan fingerprint density at radius 1 is 1.06 bits per heavy atom. The van der Waals surface area contributed by atoms with Crippen molar-refractivity contribution < 1.29 is 4.79 Å². The summed E-state index contributed by atoms with van der Waals surface area (Å²) in [4.78, 5) is 14.5. The van der Waals surface area contributed by atoms with Gasteiger partial charge in [-0.3, -0.25) is 4.79 Å². The first kappa shape index (κ1) is 10.6. The molecule has 1 saturated heterocycles. The molecule has 2 heteroatoms. The average Bonchev–Trinajstić information content (AvgIpc) is 2.68. The summed E-state index contributed by atoms with van der Waals surface area (Å²) in [7, 11) is 0. The molecule has 1 fully saturated rings. The molecule has 2 nitrogen and oxygen atoms in total. The fourth-order valence-corrected chi connectivity index (χ4v) is 2.73. The highest BCUT2D eigenvalue weighted by molar-refractivity contribution is 6.13. The van der Waals surface area contributed by atoms with Gasteiger partial charge in [0.15, 0.2) is 5.78 Å². The summed E-state index contributed by atoms with van der Waals surface area (Å²) in [6, 6.07) is 7.95. The van der Waals surface area contributed by atoms with Crippen molar-refractivity contribution in [3.8, 4) is 0 Å². The minimum absolute atomic E-state index is 0.228. The number of ketones is 1. The van der Waals surface area contributed by atoms with Gasteiger partial charge in [0, 0.05) is 36.8 Å². The molecule has 0 N–H and O–H groups in total. The standard InChI is InChI=1S/C15H17NO/c17-15-13(11-16-8-4-1-5-9-16)10-12-6-2-3-7-14(12)15/h2-3,6-7,11H,1,4-5,8-10H2/b13-11-. The lowest BCUT2D eigenvalue weighted by Gasteiger charge is -2.25. The zero-order valence-electron chi connectivity index (χ0n) is 9.98. The molecule has 0 atom stereocenters. The number of fused-ring (bicyclic) bond motifs is 1. The highest BCUT2D eigenvalue weighted by Crippen LogP contribution is 2.26. The molecule has 88 valence electrons. The molecular weight excluding hydrogens is 210 g/mol. The molecule has 1 heterocycles. The van der Waals surface area contributed by atoms with Gasteiger partial charge in [0.05, 0.1) is 0 Å². The Balaban J connectivity index is 1.83. The van der Waals surface area contributed by atoms with Gasteiger partial charge >= 0.3 is 0 Å². The van der Waals surface area contributed by atoms with Gasteiger partial charge in [-0.05, 0) is 24.8 Å². The largest absolute Gasteiger partial charge is 0.377 e. The number of Topliss-reactive ketones (excluding diaryl/α,β-unsaturated/α-hetero) is 1. The Labute approximate surface area is 102 Å². The molecule has 2 aliphatic rings. The van der Waals surface area contributed by atoms with Gasteiger partial charge in [-0.15, -0.1) is 0 Å². The fraction of sp³-hybridized carbons (Fsp3) is 0.400. The van der Waals surface area contributed by atoms with Crippen LogP contribution in [0.15, 0.2) is 36.0 Å². The average molecular weight is 227 g/mol. The molecule has 1 aromatic carbocycles. The van der Waals surface area contributed by atoms with E-state index in [9.17, 15) is 4.79 Å². The van der Waals surface area contributed by atoms with Gasteiger partial charge in [-0.25, -0.2) is 0 Å². The van der Waals surface area contributed by atoms with E-state index in [0.717, 1.165) is 30.6 Å². The van der Waals surface area contributed by atoms with Crippen molar-refractivity contribution in [3.63, 3.8) is 0 Å². The van der Waals surface area contributed by atoms with Gasteiger partial charge in [0.25, 0.3) is 0 Å². The van der Waals surface area contributed by atoms with Gasteiger partial charge in [0.2, 0.25) is 0 Å². The molecular formula is C15H17NO. The van der Waals surface area contributed by atoms with Crippen LogP contribution in [0.2, 0.25) is 0 Å². The highest BCUT2D eigenvalue weighted by atomic mass is 16.1. The maximum Gasteiger partial charge on any atom is 0.191 e. The first-order valence-electron chi connectivity index (χ1n) is 6.42. The first-order valence-corrected chi connectivity index (χ1v) is 6.42. The van der Waals surface area contributed by atoms with E-state index in [-0.39, 0.29) is 5.78 Å². The topological polar surface area (TPSA) is 20.3 Å². The van der Waals surface area contributed by atoms with E-state index in [1.807, 2.05) is 18.2 Å². The van der Waals surface area contributed by atoms with Gasteiger partial charge < -0.3 is 4.90 Å². The fourth-order valence-electron chi connectivity index (χ4n) is 2.73. The van der Waals surface area contributed by atoms with E-state index >= 15 is 0 Å². The number of hydrogen-bond acceptors (Lipinski definition) is 2. The molecule has 1 aliphatic heterocycles. The van der Waals surface area contributed by atoms with Gasteiger partial charge in [0.1, 0.15) is 0 Å². The maximum atomic E-state index is 12.2. The van der Waals surface area contributed by atoms with Crippen molar-refractivity contribution in [2.75, 3.05) is 13.1 Å². The third kappa shape index (κ3) is 1.99. The number of likely N-dealkylation sites (tertiary alicyclic amines) is 1. The highest BCUT2D eigenvalue weighted by Gasteiger charge is 2.24. The van der Waals surface area contributed by atoms with Crippen LogP contribution in [0.3, 0.4) is 0 Å². The first-order chi connectivity index (χ1) is 8.34. The number of benzene rings is 1. The van der Waals surface area contributed by atoms with Crippen LogP contribution in [0.4, 0.5) is 0 Å². The van der Waals surface area contributed by atoms with Gasteiger partial charge in [-0.2, -0.15) is 0 Å². The molecule has 0 unspecified atom stereocenters. The lowest BCUT2D eigenvalue weighted by Crippen LogP contribution is -2.25. The van der Waals surface area contributed by atoms with Crippen LogP contribution in [0.25, 0.3) is 0 Å². The lowest BCUT2D eigenvalue weighted by atomic mass is 10.1. The Morgan fingerprint density at radius 2 is 1.82 bits per heavy atom. The summed E-state index contributed by atoms with van der Waals surface area (Å²) in [6.07, 6.45) is 6.75. The van der Waals surface area contributed by atoms with Crippen molar-refractivity contribution >= 4 is 5.78 Å². The molecule has 0 spiro atoms. The molecule has 17 heavy (non-hydrogen) atoms. The predicted octanol–water partition coefficient (Wildman–Crippen LogP) is 2.80. The molecule has 0 aromatic heterocycles. The number of carbonyl (C=O) groups is 1. The lowest BCUT2D eigenvalue weighted by molar-refractivity contribution is 0.103. The van der Waals surface area contributed by atoms with Crippen LogP contribution >= 0.6 is 0 Å². The molecule has 1 aliphatic carbocycles. The van der Waals surface area contributed by atoms with Crippen molar-refractivity contribution in [3.05, 3.63) is 47.2 Å². The summed E-state index contributed by atoms with van der Waals surface area (Å²) in [5, 5.41) is 0. The van der Waals surface area contributed by atoms with Crippen molar-refractivity contribution in [1.29, 1.82) is 0 Å². The Bertz CT molecular complexity index is 470. The molecule has 0 saturated carbocycles. The zero-order valence-corrected chi connectivity index (χ0v) is 9.98. The third-order valence-electron chi connectivity index (χ3n) is 3.66. The number of hydrogen-bond donors (Lipinski definition) is 0. The SMILES string of the molecule is O=C1/C(=C\N2CCCCC2)Cc2ccccc21. The molecule has 0 radical (unpaired) electrons. The summed E-state index contributed by atoms with van der Waals surface area (Å²) in [5.74, 6) is 0.228. The van der Waals surface area contributed by atoms with Crippen LogP contribution in [0.5, 0.6) is 0 Å². The van der Waals surface area contributed by atoms with E-state index < -0.39 is 0 Å². The van der Waals surface area contributed by atoms with E-state index in [4.69, 9.17) is 0 Å². The molecule has 0 amide bonds. The minimum atomic E-state index is 0.228. The van der Waals surface area contributed by atoms with E-state index in [1.54, 1.807) is 0 Å². The van der Waals surface area contributed by atoms with Crippen molar-refractivity contribution in [2.24, 2.45) is 0 Å². The molecule has 0 bridgehead atoms. The second-order valence-electron chi connectivity index (χ2n) is 4.91. The summed E-state index contributed by atoms with van der Waals surface area (Å²) in [6.45, 7) is 2.21. The summed E-state index contributed by atoms with van der Waals surface area (Å²) < 4.78 is 0. The van der Waals surface area contributed by atoms with Crippen LogP contribution in [0.1, 0.15) is 35.2 Å². The Hall–Kier alpha value is -1.57. The Morgan fingerprint density at radius 3 is 2.59 bits per heavy atom. The zero-order chi connectivity index (χ0) is 11.7. The van der Waals surface area contributed by atoms with E-state index in [0.29, 0.717) is 0 Å².